The van der Waals surface area contributed by atoms with Crippen molar-refractivity contribution < 1.29 is 9.59 Å². The van der Waals surface area contributed by atoms with Crippen LogP contribution in [0.1, 0.15) is 60.7 Å². The minimum Gasteiger partial charge on any atom is -0.349 e. The molecule has 29 heavy (non-hydrogen) atoms. The third kappa shape index (κ3) is 6.05. The molecule has 3 rings (SSSR count). The monoisotopic (exact) mass is 390 g/mol. The zero-order chi connectivity index (χ0) is 21.0. The smallest absolute Gasteiger partial charge is 0.251 e. The average Bonchev–Trinajstić information content (AvgIpc) is 3.50. The van der Waals surface area contributed by atoms with Crippen LogP contribution in [-0.4, -0.2) is 29.8 Å². The number of likely N-dealkylation sites (N-methyl/N-ethyl adjacent to an activating group) is 1. The van der Waals surface area contributed by atoms with E-state index in [-0.39, 0.29) is 17.2 Å². The Kier molecular flexibility index (Phi) is 6.21. The Morgan fingerprint density at radius 2 is 1.66 bits per heavy atom. The van der Waals surface area contributed by atoms with Gasteiger partial charge >= 0.3 is 0 Å². The molecule has 0 bridgehead atoms. The SMILES string of the molecule is CN(Cc1ccc(C(=O)NC2CC2)cc1)C(=O)C=Cc1ccc(C(C)(C)C)cc1. The molecule has 0 aromatic heterocycles. The van der Waals surface area contributed by atoms with E-state index in [1.807, 2.05) is 42.5 Å². The summed E-state index contributed by atoms with van der Waals surface area (Å²) < 4.78 is 0. The lowest BCUT2D eigenvalue weighted by molar-refractivity contribution is -0.125. The molecule has 0 spiro atoms. The predicted molar refractivity (Wildman–Crippen MR) is 118 cm³/mol. The number of hydrogen-bond donors (Lipinski definition) is 1. The van der Waals surface area contributed by atoms with Crippen LogP contribution in [0.2, 0.25) is 0 Å². The maximum atomic E-state index is 12.4. The molecule has 0 saturated heterocycles. The number of benzene rings is 2. The van der Waals surface area contributed by atoms with Crippen LogP contribution in [0.3, 0.4) is 0 Å². The molecular weight excluding hydrogens is 360 g/mol. The zero-order valence-electron chi connectivity index (χ0n) is 17.7. The van der Waals surface area contributed by atoms with E-state index in [2.05, 4.69) is 38.2 Å². The highest BCUT2D eigenvalue weighted by atomic mass is 16.2. The van der Waals surface area contributed by atoms with Crippen LogP contribution in [0.5, 0.6) is 0 Å². The third-order valence-corrected chi connectivity index (χ3v) is 5.12. The Hall–Kier alpha value is -2.88. The lowest BCUT2D eigenvalue weighted by Gasteiger charge is -2.18. The summed E-state index contributed by atoms with van der Waals surface area (Å²) in [6.07, 6.45) is 5.59. The predicted octanol–water partition coefficient (Wildman–Crippen LogP) is 4.55. The lowest BCUT2D eigenvalue weighted by Crippen LogP contribution is -2.26. The highest BCUT2D eigenvalue weighted by Gasteiger charge is 2.23. The molecule has 2 aromatic rings. The molecule has 0 atom stereocenters. The van der Waals surface area contributed by atoms with Crippen molar-refractivity contribution in [1.29, 1.82) is 0 Å². The first kappa shape index (κ1) is 20.8. The van der Waals surface area contributed by atoms with Gasteiger partial charge in [0.05, 0.1) is 0 Å². The molecule has 1 aliphatic rings. The molecule has 4 heteroatoms. The van der Waals surface area contributed by atoms with Gasteiger partial charge in [0.1, 0.15) is 0 Å². The second-order valence-electron chi connectivity index (χ2n) is 8.84. The number of hydrogen-bond acceptors (Lipinski definition) is 2. The topological polar surface area (TPSA) is 49.4 Å². The van der Waals surface area contributed by atoms with Crippen molar-refractivity contribution in [2.75, 3.05) is 7.05 Å². The van der Waals surface area contributed by atoms with Crippen LogP contribution in [0.4, 0.5) is 0 Å². The summed E-state index contributed by atoms with van der Waals surface area (Å²) in [7, 11) is 1.78. The van der Waals surface area contributed by atoms with Gasteiger partial charge in [-0.1, -0.05) is 57.2 Å². The van der Waals surface area contributed by atoms with Gasteiger partial charge in [-0.15, -0.1) is 0 Å². The second kappa shape index (κ2) is 8.64. The van der Waals surface area contributed by atoms with Crippen molar-refractivity contribution in [3.05, 3.63) is 76.9 Å². The number of carbonyl (C=O) groups is 2. The molecule has 0 unspecified atom stereocenters. The van der Waals surface area contributed by atoms with Crippen LogP contribution >= 0.6 is 0 Å². The van der Waals surface area contributed by atoms with E-state index in [1.165, 1.54) is 5.56 Å². The zero-order valence-corrected chi connectivity index (χ0v) is 17.7. The number of nitrogens with zero attached hydrogens (tertiary/aromatic N) is 1. The van der Waals surface area contributed by atoms with Crippen molar-refractivity contribution >= 4 is 17.9 Å². The Bertz CT molecular complexity index is 886. The summed E-state index contributed by atoms with van der Waals surface area (Å²) in [6, 6.07) is 16.1. The van der Waals surface area contributed by atoms with Crippen LogP contribution < -0.4 is 5.32 Å². The fraction of sp³-hybridized carbons (Fsp3) is 0.360. The normalized spacial score (nSPS) is 14.1. The minimum atomic E-state index is -0.0551. The highest BCUT2D eigenvalue weighted by molar-refractivity contribution is 5.94. The van der Waals surface area contributed by atoms with Crippen LogP contribution in [0.15, 0.2) is 54.6 Å². The van der Waals surface area contributed by atoms with Crippen molar-refractivity contribution in [2.45, 2.75) is 51.6 Å². The molecule has 1 fully saturated rings. The quantitative estimate of drug-likeness (QED) is 0.736. The molecule has 152 valence electrons. The number of carbonyl (C=O) groups excluding carboxylic acids is 2. The molecule has 0 heterocycles. The highest BCUT2D eigenvalue weighted by Crippen LogP contribution is 2.22. The molecule has 0 aliphatic heterocycles. The van der Waals surface area contributed by atoms with Gasteiger partial charge in [0.2, 0.25) is 5.91 Å². The van der Waals surface area contributed by atoms with Gasteiger partial charge in [0, 0.05) is 31.3 Å². The Balaban J connectivity index is 1.54. The van der Waals surface area contributed by atoms with Crippen molar-refractivity contribution in [2.24, 2.45) is 0 Å². The van der Waals surface area contributed by atoms with Crippen molar-refractivity contribution in [3.8, 4) is 0 Å². The van der Waals surface area contributed by atoms with Crippen LogP contribution in [0, 0.1) is 0 Å². The molecule has 1 saturated carbocycles. The summed E-state index contributed by atoms with van der Waals surface area (Å²) in [6.45, 7) is 7.05. The molecule has 4 nitrogen and oxygen atoms in total. The van der Waals surface area contributed by atoms with Gasteiger partial charge < -0.3 is 10.2 Å². The van der Waals surface area contributed by atoms with Gasteiger partial charge in [-0.2, -0.15) is 0 Å². The van der Waals surface area contributed by atoms with E-state index < -0.39 is 0 Å². The summed E-state index contributed by atoms with van der Waals surface area (Å²) in [5.74, 6) is -0.0793. The Morgan fingerprint density at radius 3 is 2.21 bits per heavy atom. The summed E-state index contributed by atoms with van der Waals surface area (Å²) in [4.78, 5) is 26.1. The summed E-state index contributed by atoms with van der Waals surface area (Å²) in [5.41, 5.74) is 4.05. The first-order chi connectivity index (χ1) is 13.7. The summed E-state index contributed by atoms with van der Waals surface area (Å²) in [5, 5.41) is 2.98. The fourth-order valence-electron chi connectivity index (χ4n) is 3.00. The van der Waals surface area contributed by atoms with E-state index in [0.29, 0.717) is 18.2 Å². The van der Waals surface area contributed by atoms with Crippen molar-refractivity contribution in [1.82, 2.24) is 10.2 Å². The van der Waals surface area contributed by atoms with Gasteiger partial charge in [0.15, 0.2) is 0 Å². The maximum Gasteiger partial charge on any atom is 0.251 e. The van der Waals surface area contributed by atoms with E-state index in [9.17, 15) is 9.59 Å². The minimum absolute atomic E-state index is 0.0242. The standard InChI is InChI=1S/C25H30N2O2/c1-25(2,3)21-12-7-18(8-13-21)9-16-23(28)27(4)17-19-5-10-20(11-6-19)24(29)26-22-14-15-22/h5-13,16,22H,14-15,17H2,1-4H3,(H,26,29). The fourth-order valence-corrected chi connectivity index (χ4v) is 3.00. The number of nitrogens with one attached hydrogen (secondary N) is 1. The maximum absolute atomic E-state index is 12.4. The van der Waals surface area contributed by atoms with Crippen molar-refractivity contribution in [3.63, 3.8) is 0 Å². The van der Waals surface area contributed by atoms with Gasteiger partial charge in [-0.05, 0) is 53.2 Å². The van der Waals surface area contributed by atoms with E-state index in [4.69, 9.17) is 0 Å². The largest absolute Gasteiger partial charge is 0.349 e. The molecular formula is C25H30N2O2. The molecule has 2 amide bonds. The van der Waals surface area contributed by atoms with Gasteiger partial charge in [-0.25, -0.2) is 0 Å². The van der Waals surface area contributed by atoms with Crippen LogP contribution in [0.25, 0.3) is 6.08 Å². The second-order valence-corrected chi connectivity index (χ2v) is 8.84. The summed E-state index contributed by atoms with van der Waals surface area (Å²) >= 11 is 0. The average molecular weight is 391 g/mol. The molecule has 1 N–H and O–H groups in total. The van der Waals surface area contributed by atoms with Crippen LogP contribution in [-0.2, 0) is 16.8 Å². The Labute approximate surface area is 173 Å². The Morgan fingerprint density at radius 1 is 1.03 bits per heavy atom. The van der Waals surface area contributed by atoms with E-state index >= 15 is 0 Å². The molecule has 2 aromatic carbocycles. The lowest BCUT2D eigenvalue weighted by atomic mass is 9.87. The van der Waals surface area contributed by atoms with Gasteiger partial charge in [0.25, 0.3) is 5.91 Å². The first-order valence-electron chi connectivity index (χ1n) is 10.2. The first-order valence-corrected chi connectivity index (χ1v) is 10.2. The number of amides is 2. The van der Waals surface area contributed by atoms with E-state index in [0.717, 1.165) is 24.0 Å². The third-order valence-electron chi connectivity index (χ3n) is 5.12. The molecule has 0 radical (unpaired) electrons. The molecule has 1 aliphatic carbocycles. The number of rotatable bonds is 6. The van der Waals surface area contributed by atoms with Gasteiger partial charge in [-0.3, -0.25) is 9.59 Å². The van der Waals surface area contributed by atoms with E-state index in [1.54, 1.807) is 18.0 Å².